The Labute approximate surface area is 87.5 Å². The topological polar surface area (TPSA) is 18.5 Å². The van der Waals surface area contributed by atoms with E-state index in [4.69, 9.17) is 6.42 Å². The third kappa shape index (κ3) is 4.61. The van der Waals surface area contributed by atoms with Crippen molar-refractivity contribution < 1.29 is 0 Å². The molecule has 3 nitrogen and oxygen atoms in total. The van der Waals surface area contributed by atoms with Crippen LogP contribution in [-0.2, 0) is 0 Å². The Morgan fingerprint density at radius 2 is 2.14 bits per heavy atom. The minimum absolute atomic E-state index is 0.688. The lowest BCUT2D eigenvalue weighted by molar-refractivity contribution is 0.277. The first-order chi connectivity index (χ1) is 6.83. The van der Waals surface area contributed by atoms with Gasteiger partial charge in [-0.05, 0) is 26.6 Å². The van der Waals surface area contributed by atoms with E-state index in [9.17, 15) is 0 Å². The smallest absolute Gasteiger partial charge is 0.0574 e. The van der Waals surface area contributed by atoms with Gasteiger partial charge in [-0.2, -0.15) is 0 Å². The third-order valence-electron chi connectivity index (χ3n) is 2.64. The number of nitrogens with zero attached hydrogens (tertiary/aromatic N) is 2. The van der Waals surface area contributed by atoms with E-state index in [1.165, 1.54) is 32.6 Å². The van der Waals surface area contributed by atoms with Crippen molar-refractivity contribution >= 4 is 0 Å². The minimum Gasteiger partial charge on any atom is -0.305 e. The molecule has 80 valence electrons. The molecule has 0 aromatic rings. The van der Waals surface area contributed by atoms with Crippen molar-refractivity contribution in [3.05, 3.63) is 0 Å². The molecule has 0 unspecified atom stereocenters. The van der Waals surface area contributed by atoms with Gasteiger partial charge in [0, 0.05) is 26.2 Å². The van der Waals surface area contributed by atoms with Gasteiger partial charge in [0.05, 0.1) is 6.54 Å². The second-order valence-corrected chi connectivity index (χ2v) is 3.88. The third-order valence-corrected chi connectivity index (χ3v) is 2.64. The average molecular weight is 195 g/mol. The fourth-order valence-corrected chi connectivity index (χ4v) is 1.72. The summed E-state index contributed by atoms with van der Waals surface area (Å²) >= 11 is 0. The highest BCUT2D eigenvalue weighted by molar-refractivity contribution is 4.86. The summed E-state index contributed by atoms with van der Waals surface area (Å²) in [4.78, 5) is 4.90. The van der Waals surface area contributed by atoms with E-state index < -0.39 is 0 Å². The Hall–Kier alpha value is -0.560. The summed E-state index contributed by atoms with van der Waals surface area (Å²) in [5.41, 5.74) is 0. The van der Waals surface area contributed by atoms with Crippen molar-refractivity contribution in [1.82, 2.24) is 15.1 Å². The van der Waals surface area contributed by atoms with E-state index in [1.54, 1.807) is 0 Å². The van der Waals surface area contributed by atoms with Crippen LogP contribution in [-0.4, -0.2) is 62.7 Å². The van der Waals surface area contributed by atoms with Gasteiger partial charge in [-0.3, -0.25) is 0 Å². The van der Waals surface area contributed by atoms with Gasteiger partial charge in [0.2, 0.25) is 0 Å². The molecule has 0 aliphatic carbocycles. The van der Waals surface area contributed by atoms with Crippen molar-refractivity contribution in [1.29, 1.82) is 0 Å². The van der Waals surface area contributed by atoms with Crippen LogP contribution in [0, 0.1) is 12.3 Å². The SMILES string of the molecule is C#CCNCCN1CCCN(C)CC1. The fraction of sp³-hybridized carbons (Fsp3) is 0.818. The maximum Gasteiger partial charge on any atom is 0.0574 e. The Balaban J connectivity index is 2.08. The van der Waals surface area contributed by atoms with E-state index >= 15 is 0 Å². The van der Waals surface area contributed by atoms with Gasteiger partial charge < -0.3 is 15.1 Å². The minimum atomic E-state index is 0.688. The highest BCUT2D eigenvalue weighted by atomic mass is 15.2. The lowest BCUT2D eigenvalue weighted by atomic mass is 10.4. The van der Waals surface area contributed by atoms with Crippen LogP contribution >= 0.6 is 0 Å². The molecule has 3 heteroatoms. The molecule has 1 aliphatic heterocycles. The van der Waals surface area contributed by atoms with E-state index in [0.717, 1.165) is 13.1 Å². The number of hydrogen-bond donors (Lipinski definition) is 1. The van der Waals surface area contributed by atoms with Gasteiger partial charge >= 0.3 is 0 Å². The highest BCUT2D eigenvalue weighted by Gasteiger charge is 2.10. The maximum absolute atomic E-state index is 5.16. The van der Waals surface area contributed by atoms with Gasteiger partial charge in [0.1, 0.15) is 0 Å². The van der Waals surface area contributed by atoms with Gasteiger partial charge in [-0.1, -0.05) is 5.92 Å². The Kier molecular flexibility index (Phi) is 5.62. The molecule has 0 amide bonds. The van der Waals surface area contributed by atoms with Crippen LogP contribution in [0.3, 0.4) is 0 Å². The number of nitrogens with one attached hydrogen (secondary N) is 1. The van der Waals surface area contributed by atoms with Crippen LogP contribution < -0.4 is 5.32 Å². The summed E-state index contributed by atoms with van der Waals surface area (Å²) in [5.74, 6) is 2.59. The largest absolute Gasteiger partial charge is 0.305 e. The van der Waals surface area contributed by atoms with E-state index in [1.807, 2.05) is 0 Å². The Morgan fingerprint density at radius 1 is 1.29 bits per heavy atom. The lowest BCUT2D eigenvalue weighted by Gasteiger charge is -2.19. The molecule has 0 atom stereocenters. The monoisotopic (exact) mass is 195 g/mol. The van der Waals surface area contributed by atoms with Crippen LogP contribution in [0.4, 0.5) is 0 Å². The predicted octanol–water partition coefficient (Wildman–Crippen LogP) is -0.153. The normalized spacial score (nSPS) is 20.3. The summed E-state index contributed by atoms with van der Waals surface area (Å²) in [7, 11) is 2.19. The summed E-state index contributed by atoms with van der Waals surface area (Å²) in [5, 5.41) is 3.22. The molecule has 0 spiro atoms. The molecule has 0 saturated carbocycles. The van der Waals surface area contributed by atoms with E-state index in [2.05, 4.69) is 28.1 Å². The summed E-state index contributed by atoms with van der Waals surface area (Å²) in [6.45, 7) is 7.65. The van der Waals surface area contributed by atoms with Crippen LogP contribution in [0.25, 0.3) is 0 Å². The molecule has 1 N–H and O–H groups in total. The van der Waals surface area contributed by atoms with Gasteiger partial charge in [0.15, 0.2) is 0 Å². The Morgan fingerprint density at radius 3 is 2.93 bits per heavy atom. The average Bonchev–Trinajstić information content (AvgIpc) is 2.38. The zero-order valence-electron chi connectivity index (χ0n) is 9.13. The standard InChI is InChI=1S/C11H21N3/c1-3-5-12-6-9-14-8-4-7-13(2)10-11-14/h1,12H,4-11H2,2H3. The zero-order valence-corrected chi connectivity index (χ0v) is 9.13. The van der Waals surface area contributed by atoms with Gasteiger partial charge in [0.25, 0.3) is 0 Å². The molecule has 14 heavy (non-hydrogen) atoms. The quantitative estimate of drug-likeness (QED) is 0.497. The zero-order chi connectivity index (χ0) is 10.2. The molecule has 1 fully saturated rings. The molecule has 1 rings (SSSR count). The number of likely N-dealkylation sites (N-methyl/N-ethyl adjacent to an activating group) is 1. The van der Waals surface area contributed by atoms with Crippen LogP contribution in [0.1, 0.15) is 6.42 Å². The fourth-order valence-electron chi connectivity index (χ4n) is 1.72. The Bertz CT molecular complexity index is 185. The first-order valence-electron chi connectivity index (χ1n) is 5.38. The molecule has 0 aromatic heterocycles. The molecular weight excluding hydrogens is 174 g/mol. The maximum atomic E-state index is 5.16. The lowest BCUT2D eigenvalue weighted by Crippen LogP contribution is -2.34. The molecular formula is C11H21N3. The van der Waals surface area contributed by atoms with E-state index in [0.29, 0.717) is 6.54 Å². The van der Waals surface area contributed by atoms with Crippen molar-refractivity contribution in [3.8, 4) is 12.3 Å². The molecule has 1 aliphatic rings. The molecule has 0 bridgehead atoms. The summed E-state index contributed by atoms with van der Waals surface area (Å²) < 4.78 is 0. The summed E-state index contributed by atoms with van der Waals surface area (Å²) in [6, 6.07) is 0. The van der Waals surface area contributed by atoms with E-state index in [-0.39, 0.29) is 0 Å². The first kappa shape index (κ1) is 11.5. The molecule has 0 aromatic carbocycles. The van der Waals surface area contributed by atoms with Gasteiger partial charge in [-0.15, -0.1) is 6.42 Å². The summed E-state index contributed by atoms with van der Waals surface area (Å²) in [6.07, 6.45) is 6.44. The van der Waals surface area contributed by atoms with Crippen LogP contribution in [0.15, 0.2) is 0 Å². The molecule has 0 radical (unpaired) electrons. The number of hydrogen-bond acceptors (Lipinski definition) is 3. The van der Waals surface area contributed by atoms with Gasteiger partial charge in [-0.25, -0.2) is 0 Å². The first-order valence-corrected chi connectivity index (χ1v) is 5.38. The van der Waals surface area contributed by atoms with Crippen molar-refractivity contribution in [2.75, 3.05) is 52.9 Å². The second-order valence-electron chi connectivity index (χ2n) is 3.88. The molecule has 1 saturated heterocycles. The molecule has 1 heterocycles. The van der Waals surface area contributed by atoms with Crippen molar-refractivity contribution in [2.24, 2.45) is 0 Å². The van der Waals surface area contributed by atoms with Crippen LogP contribution in [0.5, 0.6) is 0 Å². The van der Waals surface area contributed by atoms with Crippen molar-refractivity contribution in [2.45, 2.75) is 6.42 Å². The highest BCUT2D eigenvalue weighted by Crippen LogP contribution is 1.99. The van der Waals surface area contributed by atoms with Crippen molar-refractivity contribution in [3.63, 3.8) is 0 Å². The predicted molar refractivity (Wildman–Crippen MR) is 60.3 cm³/mol. The second kappa shape index (κ2) is 6.83. The number of rotatable bonds is 4. The van der Waals surface area contributed by atoms with Crippen LogP contribution in [0.2, 0.25) is 0 Å². The number of terminal acetylenes is 1.